The van der Waals surface area contributed by atoms with E-state index < -0.39 is 13.9 Å². The average molecular weight is 493 g/mol. The molecule has 3 fully saturated rings. The van der Waals surface area contributed by atoms with Crippen molar-refractivity contribution in [1.82, 2.24) is 10.2 Å². The molecule has 3 aliphatic heterocycles. The van der Waals surface area contributed by atoms with E-state index in [1.165, 1.54) is 10.4 Å². The number of carbonyl (C=O) groups is 1. The van der Waals surface area contributed by atoms with Crippen LogP contribution in [0.2, 0.25) is 5.04 Å². The summed E-state index contributed by atoms with van der Waals surface area (Å²) in [6.07, 6.45) is 1.70. The van der Waals surface area contributed by atoms with Gasteiger partial charge in [0, 0.05) is 0 Å². The van der Waals surface area contributed by atoms with Gasteiger partial charge in [0.2, 0.25) is 0 Å². The van der Waals surface area contributed by atoms with Crippen molar-refractivity contribution < 1.29 is 14.0 Å². The number of rotatable bonds is 4. The first kappa shape index (κ1) is 24.5. The molecule has 1 unspecified atom stereocenters. The molecule has 0 spiro atoms. The van der Waals surface area contributed by atoms with Crippen molar-refractivity contribution in [1.29, 1.82) is 0 Å². The minimum Gasteiger partial charge on any atom is -0.444 e. The Bertz CT molecular complexity index is 1010. The maximum absolute atomic E-state index is 13.4. The topological polar surface area (TPSA) is 50.8 Å². The van der Waals surface area contributed by atoms with Crippen molar-refractivity contribution >= 4 is 24.8 Å². The molecule has 0 aliphatic carbocycles. The fourth-order valence-electron chi connectivity index (χ4n) is 6.68. The molecule has 1 N–H and O–H groups in total. The monoisotopic (exact) mass is 492 g/mol. The van der Waals surface area contributed by atoms with Gasteiger partial charge in [0.15, 0.2) is 0 Å². The van der Waals surface area contributed by atoms with Gasteiger partial charge >= 0.3 is 6.09 Å². The first-order chi connectivity index (χ1) is 16.5. The van der Waals surface area contributed by atoms with Gasteiger partial charge in [-0.1, -0.05) is 81.4 Å². The number of fused-ring (bicyclic) bond motifs is 2. The van der Waals surface area contributed by atoms with Crippen LogP contribution in [0, 0.1) is 5.92 Å². The smallest absolute Gasteiger partial charge is 0.410 e. The highest BCUT2D eigenvalue weighted by molar-refractivity contribution is 6.99. The predicted molar refractivity (Wildman–Crippen MR) is 143 cm³/mol. The van der Waals surface area contributed by atoms with Crippen LogP contribution < -0.4 is 15.7 Å². The highest BCUT2D eigenvalue weighted by Crippen LogP contribution is 2.47. The Morgan fingerprint density at radius 1 is 0.886 bits per heavy atom. The molecule has 1 amide bonds. The summed E-state index contributed by atoms with van der Waals surface area (Å²) in [7, 11) is -2.74. The molecular formula is C29H40N2O3Si. The lowest BCUT2D eigenvalue weighted by Gasteiger charge is -2.46. The van der Waals surface area contributed by atoms with Crippen LogP contribution in [0.3, 0.4) is 0 Å². The number of hydrogen-bond donors (Lipinski definition) is 1. The number of nitrogens with one attached hydrogen (secondary N) is 1. The number of nitrogens with zero attached hydrogens (tertiary/aromatic N) is 1. The van der Waals surface area contributed by atoms with Gasteiger partial charge in [0.05, 0.1) is 24.2 Å². The largest absolute Gasteiger partial charge is 0.444 e. The lowest BCUT2D eigenvalue weighted by atomic mass is 9.88. The van der Waals surface area contributed by atoms with Crippen molar-refractivity contribution in [2.24, 2.45) is 5.92 Å². The molecule has 2 aromatic carbocycles. The van der Waals surface area contributed by atoms with E-state index in [2.05, 4.69) is 86.8 Å². The third-order valence-corrected chi connectivity index (χ3v) is 13.0. The van der Waals surface area contributed by atoms with Crippen LogP contribution in [-0.4, -0.2) is 55.7 Å². The summed E-state index contributed by atoms with van der Waals surface area (Å²) in [5.74, 6) is 0.577. The van der Waals surface area contributed by atoms with Gasteiger partial charge in [0.25, 0.3) is 8.32 Å². The van der Waals surface area contributed by atoms with Crippen LogP contribution >= 0.6 is 0 Å². The predicted octanol–water partition coefficient (Wildman–Crippen LogP) is 4.30. The van der Waals surface area contributed by atoms with Crippen LogP contribution in [0.15, 0.2) is 60.7 Å². The highest BCUT2D eigenvalue weighted by atomic mass is 28.4. The Hall–Kier alpha value is -2.15. The van der Waals surface area contributed by atoms with Gasteiger partial charge in [-0.3, -0.25) is 4.90 Å². The second-order valence-corrected chi connectivity index (χ2v) is 16.8. The molecular weight excluding hydrogens is 452 g/mol. The molecule has 0 aromatic heterocycles. The lowest BCUT2D eigenvalue weighted by molar-refractivity contribution is -0.00693. The zero-order valence-corrected chi connectivity index (χ0v) is 23.0. The molecule has 5 atom stereocenters. The third-order valence-electron chi connectivity index (χ3n) is 7.99. The Morgan fingerprint density at radius 3 is 1.94 bits per heavy atom. The Labute approximate surface area is 211 Å². The molecule has 3 bridgehead atoms. The number of hydrogen-bond acceptors (Lipinski definition) is 4. The van der Waals surface area contributed by atoms with E-state index in [9.17, 15) is 4.79 Å². The molecule has 3 heterocycles. The zero-order valence-electron chi connectivity index (χ0n) is 22.0. The summed E-state index contributed by atoms with van der Waals surface area (Å²) in [5.41, 5.74) is -0.519. The van der Waals surface area contributed by atoms with Gasteiger partial charge in [-0.25, -0.2) is 4.79 Å². The third kappa shape index (κ3) is 4.24. The van der Waals surface area contributed by atoms with Crippen molar-refractivity contribution in [3.05, 3.63) is 60.7 Å². The maximum atomic E-state index is 13.4. The van der Waals surface area contributed by atoms with Crippen molar-refractivity contribution in [2.45, 2.75) is 89.3 Å². The molecule has 0 radical (unpaired) electrons. The van der Waals surface area contributed by atoms with Crippen LogP contribution in [0.25, 0.3) is 0 Å². The Morgan fingerprint density at radius 2 is 1.43 bits per heavy atom. The Balaban J connectivity index is 1.60. The summed E-state index contributed by atoms with van der Waals surface area (Å²) in [4.78, 5) is 15.5. The summed E-state index contributed by atoms with van der Waals surface area (Å²) < 4.78 is 13.5. The van der Waals surface area contributed by atoms with Crippen LogP contribution in [0.4, 0.5) is 4.79 Å². The summed E-state index contributed by atoms with van der Waals surface area (Å²) >= 11 is 0. The Kier molecular flexibility index (Phi) is 6.13. The van der Waals surface area contributed by atoms with E-state index in [-0.39, 0.29) is 35.4 Å². The minimum absolute atomic E-state index is 0.0234. The molecule has 0 saturated carbocycles. The fraction of sp³-hybridized carbons (Fsp3) is 0.552. The second-order valence-electron chi connectivity index (χ2n) is 12.5. The summed E-state index contributed by atoms with van der Waals surface area (Å²) in [6.45, 7) is 13.8. The molecule has 3 aliphatic rings. The summed E-state index contributed by atoms with van der Waals surface area (Å²) in [6, 6.07) is 21.9. The van der Waals surface area contributed by atoms with Gasteiger partial charge in [-0.2, -0.15) is 0 Å². The number of benzene rings is 2. The second kappa shape index (κ2) is 8.75. The van der Waals surface area contributed by atoms with Gasteiger partial charge in [-0.15, -0.1) is 0 Å². The first-order valence-corrected chi connectivity index (χ1v) is 15.0. The first-order valence-electron chi connectivity index (χ1n) is 13.0. The fourth-order valence-corrected chi connectivity index (χ4v) is 11.4. The number of piperidine rings is 2. The molecule has 3 saturated heterocycles. The van der Waals surface area contributed by atoms with Gasteiger partial charge < -0.3 is 14.5 Å². The highest BCUT2D eigenvalue weighted by Gasteiger charge is 2.62. The zero-order chi connectivity index (χ0) is 25.0. The van der Waals surface area contributed by atoms with Gasteiger partial charge in [0.1, 0.15) is 5.60 Å². The number of carbonyl (C=O) groups excluding carboxylic acids is 1. The SMILES string of the molecule is CC(C)(C)OC(=O)N1[C@H]2C[C@H]3CNC2[C@H](O[Si](c2ccccc2)(c2ccccc2)C(C)(C)C)[C@@H]1C3. The van der Waals surface area contributed by atoms with Crippen LogP contribution in [-0.2, 0) is 9.16 Å². The van der Waals surface area contributed by atoms with E-state index in [1.807, 2.05) is 25.7 Å². The molecule has 5 rings (SSSR count). The molecule has 6 heteroatoms. The van der Waals surface area contributed by atoms with E-state index in [1.54, 1.807) is 0 Å². The van der Waals surface area contributed by atoms with Crippen molar-refractivity contribution in [3.8, 4) is 0 Å². The quantitative estimate of drug-likeness (QED) is 0.647. The van der Waals surface area contributed by atoms with Gasteiger partial charge in [-0.05, 0) is 61.5 Å². The van der Waals surface area contributed by atoms with Crippen molar-refractivity contribution in [3.63, 3.8) is 0 Å². The molecule has 188 valence electrons. The van der Waals surface area contributed by atoms with E-state index in [0.717, 1.165) is 19.4 Å². The minimum atomic E-state index is -2.74. The normalized spacial score (nSPS) is 28.3. The molecule has 2 aromatic rings. The maximum Gasteiger partial charge on any atom is 0.410 e. The van der Waals surface area contributed by atoms with Crippen LogP contribution in [0.5, 0.6) is 0 Å². The standard InChI is InChI=1S/C29H40N2O3Si/c1-28(2,3)33-27(32)31-23-17-20-18-24(31)26(25(23)30-19-20)34-35(29(4,5)6,21-13-9-7-10-14-21)22-15-11-8-12-16-22/h7-16,20,23-26,30H,17-19H2,1-6H3/t20-,23+,24+,25?,26-/m1/s1. The summed E-state index contributed by atoms with van der Waals surface area (Å²) in [5, 5.41) is 6.24. The van der Waals surface area contributed by atoms with E-state index >= 15 is 0 Å². The van der Waals surface area contributed by atoms with Crippen LogP contribution in [0.1, 0.15) is 54.4 Å². The lowest BCUT2D eigenvalue weighted by Crippen LogP contribution is -2.69. The molecule has 5 nitrogen and oxygen atoms in total. The number of amides is 1. The average Bonchev–Trinajstić information content (AvgIpc) is 2.88. The van der Waals surface area contributed by atoms with E-state index in [4.69, 9.17) is 9.16 Å². The number of ether oxygens (including phenoxy) is 1. The molecule has 35 heavy (non-hydrogen) atoms. The van der Waals surface area contributed by atoms with E-state index in [0.29, 0.717) is 5.92 Å². The van der Waals surface area contributed by atoms with Crippen molar-refractivity contribution in [2.75, 3.05) is 6.54 Å².